The minimum Gasteiger partial charge on any atom is -0.330 e. The zero-order valence-corrected chi connectivity index (χ0v) is 9.27. The predicted molar refractivity (Wildman–Crippen MR) is 56.4 cm³/mol. The Kier molecular flexibility index (Phi) is 1.99. The molecule has 0 heterocycles. The van der Waals surface area contributed by atoms with Gasteiger partial charge >= 0.3 is 0 Å². The van der Waals surface area contributed by atoms with Gasteiger partial charge in [-0.25, -0.2) is 0 Å². The zero-order valence-electron chi connectivity index (χ0n) is 9.27. The van der Waals surface area contributed by atoms with Crippen LogP contribution in [0.15, 0.2) is 0 Å². The van der Waals surface area contributed by atoms with Crippen LogP contribution in [-0.4, -0.2) is 6.54 Å². The lowest BCUT2D eigenvalue weighted by atomic mass is 9.35. The van der Waals surface area contributed by atoms with Crippen molar-refractivity contribution in [2.75, 3.05) is 6.54 Å². The molecule has 1 spiro atoms. The lowest BCUT2D eigenvalue weighted by molar-refractivity contribution is -0.207. The lowest BCUT2D eigenvalue weighted by Gasteiger charge is -2.70. The molecule has 1 heteroatoms. The van der Waals surface area contributed by atoms with Gasteiger partial charge in [0.1, 0.15) is 0 Å². The van der Waals surface area contributed by atoms with Crippen LogP contribution in [0, 0.1) is 22.7 Å². The molecule has 0 aromatic heterocycles. The molecule has 2 fully saturated rings. The number of nitrogens with two attached hydrogens (primary N) is 1. The van der Waals surface area contributed by atoms with Crippen molar-refractivity contribution in [2.24, 2.45) is 28.4 Å². The Hall–Kier alpha value is -0.0400. The Bertz CT molecular complexity index is 202. The molecule has 0 saturated heterocycles. The third-order valence-corrected chi connectivity index (χ3v) is 5.58. The highest BCUT2D eigenvalue weighted by atomic mass is 14.8. The molecule has 2 aliphatic carbocycles. The Balaban J connectivity index is 2.17. The highest BCUT2D eigenvalue weighted by Crippen LogP contribution is 2.72. The molecule has 13 heavy (non-hydrogen) atoms. The number of hydrogen-bond donors (Lipinski definition) is 1. The van der Waals surface area contributed by atoms with Crippen LogP contribution in [0.2, 0.25) is 0 Å². The van der Waals surface area contributed by atoms with Crippen LogP contribution in [0.4, 0.5) is 0 Å². The molecule has 0 aromatic rings. The highest BCUT2D eigenvalue weighted by Gasteiger charge is 2.65. The first-order valence-electron chi connectivity index (χ1n) is 5.82. The molecule has 4 atom stereocenters. The summed E-state index contributed by atoms with van der Waals surface area (Å²) in [5.74, 6) is 1.86. The van der Waals surface area contributed by atoms with Crippen molar-refractivity contribution >= 4 is 0 Å². The summed E-state index contributed by atoms with van der Waals surface area (Å²) in [7, 11) is 0. The normalized spacial score (nSPS) is 54.5. The summed E-state index contributed by atoms with van der Waals surface area (Å²) in [4.78, 5) is 0. The van der Waals surface area contributed by atoms with E-state index in [1.54, 1.807) is 0 Å². The fourth-order valence-electron chi connectivity index (χ4n) is 4.13. The summed E-state index contributed by atoms with van der Waals surface area (Å²) >= 11 is 0. The largest absolute Gasteiger partial charge is 0.330 e. The van der Waals surface area contributed by atoms with Crippen molar-refractivity contribution < 1.29 is 0 Å². The molecule has 0 radical (unpaired) electrons. The van der Waals surface area contributed by atoms with Gasteiger partial charge in [-0.3, -0.25) is 0 Å². The number of hydrogen-bond acceptors (Lipinski definition) is 1. The molecule has 3 unspecified atom stereocenters. The van der Waals surface area contributed by atoms with Gasteiger partial charge in [-0.15, -0.1) is 0 Å². The van der Waals surface area contributed by atoms with Crippen LogP contribution >= 0.6 is 0 Å². The van der Waals surface area contributed by atoms with Crippen LogP contribution in [-0.2, 0) is 0 Å². The fourth-order valence-corrected chi connectivity index (χ4v) is 4.13. The van der Waals surface area contributed by atoms with Crippen molar-refractivity contribution in [3.63, 3.8) is 0 Å². The van der Waals surface area contributed by atoms with E-state index in [-0.39, 0.29) is 0 Å². The summed E-state index contributed by atoms with van der Waals surface area (Å²) in [5.41, 5.74) is 7.16. The van der Waals surface area contributed by atoms with E-state index in [1.165, 1.54) is 25.7 Å². The topological polar surface area (TPSA) is 26.0 Å². The van der Waals surface area contributed by atoms with Gasteiger partial charge in [-0.1, -0.05) is 20.8 Å². The summed E-state index contributed by atoms with van der Waals surface area (Å²) in [6.45, 7) is 8.07. The first kappa shape index (κ1) is 9.51. The molecular weight excluding hydrogens is 158 g/mol. The second-order valence-corrected chi connectivity index (χ2v) is 5.46. The quantitative estimate of drug-likeness (QED) is 0.696. The molecule has 2 saturated carbocycles. The average molecular weight is 181 g/mol. The van der Waals surface area contributed by atoms with Gasteiger partial charge in [0, 0.05) is 0 Å². The second kappa shape index (κ2) is 2.73. The Morgan fingerprint density at radius 3 is 2.23 bits per heavy atom. The molecule has 0 amide bonds. The molecule has 0 aliphatic heterocycles. The van der Waals surface area contributed by atoms with E-state index in [9.17, 15) is 0 Å². The molecule has 2 N–H and O–H groups in total. The Morgan fingerprint density at radius 2 is 2.00 bits per heavy atom. The van der Waals surface area contributed by atoms with Crippen molar-refractivity contribution in [1.29, 1.82) is 0 Å². The zero-order chi connectivity index (χ0) is 9.69. The van der Waals surface area contributed by atoms with Gasteiger partial charge < -0.3 is 5.73 Å². The molecule has 0 aromatic carbocycles. The average Bonchev–Trinajstić information content (AvgIpc) is 2.14. The maximum absolute atomic E-state index is 5.97. The third-order valence-electron chi connectivity index (χ3n) is 5.58. The van der Waals surface area contributed by atoms with E-state index in [0.717, 1.165) is 18.4 Å². The summed E-state index contributed by atoms with van der Waals surface area (Å²) in [6.07, 6.45) is 5.57. The molecule has 2 aliphatic rings. The van der Waals surface area contributed by atoms with Crippen molar-refractivity contribution in [2.45, 2.75) is 46.5 Å². The smallest absolute Gasteiger partial charge is 0.00152 e. The molecular formula is C12H23N. The van der Waals surface area contributed by atoms with Gasteiger partial charge in [0.25, 0.3) is 0 Å². The van der Waals surface area contributed by atoms with Gasteiger partial charge in [0.05, 0.1) is 0 Å². The predicted octanol–water partition coefficient (Wildman–Crippen LogP) is 2.80. The summed E-state index contributed by atoms with van der Waals surface area (Å²) < 4.78 is 0. The van der Waals surface area contributed by atoms with E-state index in [0.29, 0.717) is 10.8 Å². The molecule has 0 bridgehead atoms. The molecule has 1 nitrogen and oxygen atoms in total. The van der Waals surface area contributed by atoms with Crippen LogP contribution in [0.25, 0.3) is 0 Å². The number of rotatable bonds is 2. The van der Waals surface area contributed by atoms with Gasteiger partial charge in [0.2, 0.25) is 0 Å². The SMILES string of the molecule is CC[C@]1(CN)CCC12CC(C)C2C. The van der Waals surface area contributed by atoms with Crippen molar-refractivity contribution in [1.82, 2.24) is 0 Å². The minimum atomic E-state index is 0.527. The first-order chi connectivity index (χ1) is 6.12. The monoisotopic (exact) mass is 181 g/mol. The lowest BCUT2D eigenvalue weighted by Crippen LogP contribution is -2.65. The van der Waals surface area contributed by atoms with Crippen LogP contribution in [0.3, 0.4) is 0 Å². The third kappa shape index (κ3) is 0.869. The summed E-state index contributed by atoms with van der Waals surface area (Å²) in [6, 6.07) is 0. The van der Waals surface area contributed by atoms with E-state index >= 15 is 0 Å². The Labute approximate surface area is 82.1 Å². The van der Waals surface area contributed by atoms with Crippen molar-refractivity contribution in [3.05, 3.63) is 0 Å². The van der Waals surface area contributed by atoms with E-state index in [1.807, 2.05) is 0 Å². The highest BCUT2D eigenvalue weighted by molar-refractivity contribution is 5.15. The maximum Gasteiger partial charge on any atom is -0.00152 e. The standard InChI is InChI=1S/C12H23N/c1-4-11(8-13)5-6-12(11)7-9(2)10(12)3/h9-10H,4-8,13H2,1-3H3/t9?,10?,11-,12?/m1/s1. The van der Waals surface area contributed by atoms with Crippen LogP contribution in [0.5, 0.6) is 0 Å². The first-order valence-corrected chi connectivity index (χ1v) is 5.82. The molecule has 76 valence electrons. The van der Waals surface area contributed by atoms with Crippen LogP contribution < -0.4 is 5.73 Å². The minimum absolute atomic E-state index is 0.527. The Morgan fingerprint density at radius 1 is 1.31 bits per heavy atom. The van der Waals surface area contributed by atoms with E-state index in [4.69, 9.17) is 5.73 Å². The van der Waals surface area contributed by atoms with Gasteiger partial charge in [-0.05, 0) is 54.9 Å². The van der Waals surface area contributed by atoms with Gasteiger partial charge in [-0.2, -0.15) is 0 Å². The van der Waals surface area contributed by atoms with E-state index < -0.39 is 0 Å². The van der Waals surface area contributed by atoms with Gasteiger partial charge in [0.15, 0.2) is 0 Å². The van der Waals surface area contributed by atoms with Crippen molar-refractivity contribution in [3.8, 4) is 0 Å². The second-order valence-electron chi connectivity index (χ2n) is 5.46. The maximum atomic E-state index is 5.97. The van der Waals surface area contributed by atoms with Crippen LogP contribution in [0.1, 0.15) is 46.5 Å². The fraction of sp³-hybridized carbons (Fsp3) is 1.00. The summed E-state index contributed by atoms with van der Waals surface area (Å²) in [5, 5.41) is 0. The van der Waals surface area contributed by atoms with E-state index in [2.05, 4.69) is 20.8 Å². The molecule has 2 rings (SSSR count).